The second-order valence-corrected chi connectivity index (χ2v) is 7.70. The van der Waals surface area contributed by atoms with Crippen LogP contribution in [0.1, 0.15) is 48.5 Å². The third-order valence-electron chi connectivity index (χ3n) is 4.38. The Bertz CT molecular complexity index is 368. The predicted molar refractivity (Wildman–Crippen MR) is 83.1 cm³/mol. The topological polar surface area (TPSA) is 32.3 Å². The Hall–Kier alpha value is -0.600. The molecular weight excluding hydrogens is 234 g/mol. The summed E-state index contributed by atoms with van der Waals surface area (Å²) in [6.45, 7) is 17.0. The highest BCUT2D eigenvalue weighted by atomic mass is 16.3. The molecule has 2 atom stereocenters. The number of nitrogens with one attached hydrogen (secondary N) is 1. The van der Waals surface area contributed by atoms with E-state index < -0.39 is 6.10 Å². The summed E-state index contributed by atoms with van der Waals surface area (Å²) >= 11 is 0. The van der Waals surface area contributed by atoms with Gasteiger partial charge in [-0.2, -0.15) is 0 Å². The van der Waals surface area contributed by atoms with Crippen LogP contribution in [0.2, 0.25) is 0 Å². The van der Waals surface area contributed by atoms with Crippen molar-refractivity contribution in [1.29, 1.82) is 0 Å². The van der Waals surface area contributed by atoms with E-state index in [0.29, 0.717) is 0 Å². The minimum absolute atomic E-state index is 0.00412. The van der Waals surface area contributed by atoms with E-state index in [1.54, 1.807) is 0 Å². The smallest absolute Gasteiger partial charge is 0.0866 e. The van der Waals surface area contributed by atoms with Crippen LogP contribution in [0, 0.1) is 16.2 Å². The molecule has 1 aliphatic carbocycles. The molecule has 2 nitrogen and oxygen atoms in total. The molecule has 0 spiro atoms. The summed E-state index contributed by atoms with van der Waals surface area (Å²) in [5, 5.41) is 14.4. The molecule has 110 valence electrons. The quantitative estimate of drug-likeness (QED) is 0.818. The Morgan fingerprint density at radius 2 is 1.79 bits per heavy atom. The van der Waals surface area contributed by atoms with Crippen LogP contribution in [-0.2, 0) is 0 Å². The van der Waals surface area contributed by atoms with Gasteiger partial charge in [-0.25, -0.2) is 0 Å². The standard InChI is InChI=1S/C17H31NO/c1-8-18-12-17(16(5,6)7)11-9-10-13(14(17)19)15(2,3)4/h9-11,14,18-19H,8,12H2,1-7H3. The van der Waals surface area contributed by atoms with Crippen molar-refractivity contribution >= 4 is 0 Å². The number of rotatable bonds is 3. The third kappa shape index (κ3) is 3.11. The van der Waals surface area contributed by atoms with Gasteiger partial charge in [0.15, 0.2) is 0 Å². The van der Waals surface area contributed by atoms with Gasteiger partial charge < -0.3 is 10.4 Å². The molecule has 2 heteroatoms. The van der Waals surface area contributed by atoms with Gasteiger partial charge in [-0.15, -0.1) is 0 Å². The summed E-state index contributed by atoms with van der Waals surface area (Å²) in [6.07, 6.45) is 5.96. The van der Waals surface area contributed by atoms with E-state index in [1.807, 2.05) is 0 Å². The predicted octanol–water partition coefficient (Wildman–Crippen LogP) is 3.53. The highest BCUT2D eigenvalue weighted by molar-refractivity contribution is 5.34. The lowest BCUT2D eigenvalue weighted by Gasteiger charge is -2.50. The van der Waals surface area contributed by atoms with Gasteiger partial charge >= 0.3 is 0 Å². The maximum absolute atomic E-state index is 11.0. The van der Waals surface area contributed by atoms with Gasteiger partial charge in [-0.05, 0) is 22.9 Å². The number of allylic oxidation sites excluding steroid dienone is 2. The Morgan fingerprint density at radius 1 is 1.21 bits per heavy atom. The van der Waals surface area contributed by atoms with Crippen LogP contribution in [0.25, 0.3) is 0 Å². The highest BCUT2D eigenvalue weighted by Gasteiger charge is 2.49. The summed E-state index contributed by atoms with van der Waals surface area (Å²) in [7, 11) is 0. The van der Waals surface area contributed by atoms with Crippen LogP contribution in [0.3, 0.4) is 0 Å². The summed E-state index contributed by atoms with van der Waals surface area (Å²) < 4.78 is 0. The van der Waals surface area contributed by atoms with E-state index in [9.17, 15) is 5.11 Å². The van der Waals surface area contributed by atoms with Gasteiger partial charge in [0.25, 0.3) is 0 Å². The van der Waals surface area contributed by atoms with Crippen molar-refractivity contribution in [3.8, 4) is 0 Å². The van der Waals surface area contributed by atoms with Gasteiger partial charge in [-0.1, -0.05) is 66.7 Å². The normalized spacial score (nSPS) is 28.4. The molecule has 0 radical (unpaired) electrons. The molecule has 0 saturated heterocycles. The molecule has 0 bridgehead atoms. The first-order valence-corrected chi connectivity index (χ1v) is 7.35. The van der Waals surface area contributed by atoms with Gasteiger partial charge in [-0.3, -0.25) is 0 Å². The zero-order valence-corrected chi connectivity index (χ0v) is 13.7. The van der Waals surface area contributed by atoms with Crippen molar-refractivity contribution in [3.05, 3.63) is 23.8 Å². The SMILES string of the molecule is CCNCC1(C(C)(C)C)C=CC=C(C(C)(C)C)C1O. The van der Waals surface area contributed by atoms with E-state index in [2.05, 4.69) is 72.0 Å². The molecular formula is C17H31NO. The average molecular weight is 265 g/mol. The number of aliphatic hydroxyl groups is 1. The van der Waals surface area contributed by atoms with E-state index in [0.717, 1.165) is 18.7 Å². The summed E-state index contributed by atoms with van der Waals surface area (Å²) in [4.78, 5) is 0. The molecule has 0 aromatic rings. The summed E-state index contributed by atoms with van der Waals surface area (Å²) in [5.74, 6) is 0. The largest absolute Gasteiger partial charge is 0.388 e. The molecule has 0 amide bonds. The van der Waals surface area contributed by atoms with Crippen molar-refractivity contribution in [2.75, 3.05) is 13.1 Å². The molecule has 0 aromatic heterocycles. The zero-order chi connectivity index (χ0) is 14.9. The van der Waals surface area contributed by atoms with Crippen LogP contribution in [-0.4, -0.2) is 24.3 Å². The molecule has 0 heterocycles. The van der Waals surface area contributed by atoms with Crippen LogP contribution < -0.4 is 5.32 Å². The van der Waals surface area contributed by atoms with Crippen LogP contribution in [0.5, 0.6) is 0 Å². The molecule has 1 rings (SSSR count). The lowest BCUT2D eigenvalue weighted by molar-refractivity contribution is -0.00555. The lowest BCUT2D eigenvalue weighted by Crippen LogP contribution is -2.53. The monoisotopic (exact) mass is 265 g/mol. The van der Waals surface area contributed by atoms with Gasteiger partial charge in [0.05, 0.1) is 6.10 Å². The second kappa shape index (κ2) is 5.41. The van der Waals surface area contributed by atoms with Crippen LogP contribution >= 0.6 is 0 Å². The Balaban J connectivity index is 3.21. The van der Waals surface area contributed by atoms with Crippen molar-refractivity contribution in [2.24, 2.45) is 16.2 Å². The minimum atomic E-state index is -0.434. The highest BCUT2D eigenvalue weighted by Crippen LogP contribution is 2.49. The van der Waals surface area contributed by atoms with E-state index in [4.69, 9.17) is 0 Å². The maximum atomic E-state index is 11.0. The maximum Gasteiger partial charge on any atom is 0.0866 e. The number of hydrogen-bond donors (Lipinski definition) is 2. The molecule has 0 fully saturated rings. The fraction of sp³-hybridized carbons (Fsp3) is 0.765. The second-order valence-electron chi connectivity index (χ2n) is 7.70. The van der Waals surface area contributed by atoms with E-state index in [1.165, 1.54) is 0 Å². The van der Waals surface area contributed by atoms with E-state index in [-0.39, 0.29) is 16.2 Å². The molecule has 1 aliphatic rings. The molecule has 0 aromatic carbocycles. The van der Waals surface area contributed by atoms with Gasteiger partial charge in [0, 0.05) is 12.0 Å². The Labute approximate surface area is 119 Å². The molecule has 0 aliphatic heterocycles. The molecule has 19 heavy (non-hydrogen) atoms. The number of hydrogen-bond acceptors (Lipinski definition) is 2. The third-order valence-corrected chi connectivity index (χ3v) is 4.38. The van der Waals surface area contributed by atoms with Crippen LogP contribution in [0.4, 0.5) is 0 Å². The van der Waals surface area contributed by atoms with Crippen LogP contribution in [0.15, 0.2) is 23.8 Å². The molecule has 2 N–H and O–H groups in total. The first kappa shape index (κ1) is 16.5. The van der Waals surface area contributed by atoms with E-state index >= 15 is 0 Å². The molecule has 0 saturated carbocycles. The lowest BCUT2D eigenvalue weighted by atomic mass is 9.58. The Kier molecular flexibility index (Phi) is 4.69. The first-order chi connectivity index (χ1) is 8.56. The van der Waals surface area contributed by atoms with Crippen molar-refractivity contribution in [3.63, 3.8) is 0 Å². The van der Waals surface area contributed by atoms with Gasteiger partial charge in [0.2, 0.25) is 0 Å². The zero-order valence-electron chi connectivity index (χ0n) is 13.7. The molecule has 2 unspecified atom stereocenters. The van der Waals surface area contributed by atoms with Gasteiger partial charge in [0.1, 0.15) is 0 Å². The fourth-order valence-corrected chi connectivity index (χ4v) is 2.86. The Morgan fingerprint density at radius 3 is 2.21 bits per heavy atom. The van der Waals surface area contributed by atoms with Crippen molar-refractivity contribution in [2.45, 2.75) is 54.6 Å². The van der Waals surface area contributed by atoms with Crippen molar-refractivity contribution in [1.82, 2.24) is 5.32 Å². The minimum Gasteiger partial charge on any atom is -0.388 e. The first-order valence-electron chi connectivity index (χ1n) is 7.35. The summed E-state index contributed by atoms with van der Waals surface area (Å²) in [5.41, 5.74) is 0.867. The average Bonchev–Trinajstić information content (AvgIpc) is 2.24. The number of aliphatic hydroxyl groups excluding tert-OH is 1. The summed E-state index contributed by atoms with van der Waals surface area (Å²) in [6, 6.07) is 0. The fourth-order valence-electron chi connectivity index (χ4n) is 2.86. The van der Waals surface area contributed by atoms with Crippen molar-refractivity contribution < 1.29 is 5.11 Å².